The Hall–Kier alpha value is -1.38. The van der Waals surface area contributed by atoms with Crippen molar-refractivity contribution < 1.29 is 4.92 Å². The van der Waals surface area contributed by atoms with E-state index < -0.39 is 0 Å². The van der Waals surface area contributed by atoms with Crippen molar-refractivity contribution in [3.05, 3.63) is 45.4 Å². The van der Waals surface area contributed by atoms with Crippen LogP contribution in [-0.2, 0) is 5.41 Å². The summed E-state index contributed by atoms with van der Waals surface area (Å²) in [7, 11) is 0. The molecule has 1 radical (unpaired) electrons. The van der Waals surface area contributed by atoms with Gasteiger partial charge in [-0.05, 0) is 5.41 Å². The zero-order chi connectivity index (χ0) is 12.5. The second-order valence-corrected chi connectivity index (χ2v) is 5.21. The quantitative estimate of drug-likeness (QED) is 0.561. The van der Waals surface area contributed by atoms with Gasteiger partial charge in [0.05, 0.1) is 4.92 Å². The van der Waals surface area contributed by atoms with E-state index in [1.54, 1.807) is 0 Å². The highest BCUT2D eigenvalue weighted by molar-refractivity contribution is 5.55. The number of benzene rings is 1. The molecule has 1 aromatic rings. The van der Waals surface area contributed by atoms with Crippen LogP contribution in [0.4, 0.5) is 5.69 Å². The van der Waals surface area contributed by atoms with E-state index in [1.807, 2.05) is 52.8 Å². The molecule has 16 heavy (non-hydrogen) atoms. The van der Waals surface area contributed by atoms with E-state index in [2.05, 4.69) is 0 Å². The zero-order valence-electron chi connectivity index (χ0n) is 10.5. The maximum absolute atomic E-state index is 11.2. The van der Waals surface area contributed by atoms with Crippen molar-refractivity contribution in [3.8, 4) is 0 Å². The molecule has 0 aliphatic heterocycles. The summed E-state index contributed by atoms with van der Waals surface area (Å²) in [6.45, 7) is 9.77. The van der Waals surface area contributed by atoms with Gasteiger partial charge in [0.1, 0.15) is 0 Å². The van der Waals surface area contributed by atoms with Crippen LogP contribution in [0.2, 0.25) is 0 Å². The first-order chi connectivity index (χ1) is 7.25. The largest absolute Gasteiger partial charge is 0.276 e. The van der Waals surface area contributed by atoms with Gasteiger partial charge in [-0.25, -0.2) is 0 Å². The van der Waals surface area contributed by atoms with Crippen molar-refractivity contribution >= 4 is 5.69 Å². The lowest BCUT2D eigenvalue weighted by molar-refractivity contribution is -0.386. The number of para-hydroxylation sites is 1. The summed E-state index contributed by atoms with van der Waals surface area (Å²) in [6, 6.07) is 5.53. The third-order valence-electron chi connectivity index (χ3n) is 2.57. The second kappa shape index (κ2) is 4.24. The Morgan fingerprint density at radius 3 is 2.19 bits per heavy atom. The molecular formula is C13H18NO2. The van der Waals surface area contributed by atoms with Crippen molar-refractivity contribution in [3.63, 3.8) is 0 Å². The SMILES string of the molecule is C[C](C)c1cccc(C(C)(C)C)c1[N+](=O)[O-]. The fourth-order valence-electron chi connectivity index (χ4n) is 1.75. The lowest BCUT2D eigenvalue weighted by atomic mass is 9.83. The molecule has 0 saturated heterocycles. The first-order valence-electron chi connectivity index (χ1n) is 5.33. The molecule has 0 fully saturated rings. The minimum atomic E-state index is -0.275. The van der Waals surface area contributed by atoms with Gasteiger partial charge in [0.15, 0.2) is 0 Å². The average molecular weight is 220 g/mol. The van der Waals surface area contributed by atoms with Crippen molar-refractivity contribution in [1.82, 2.24) is 0 Å². The maximum Gasteiger partial charge on any atom is 0.276 e. The predicted molar refractivity (Wildman–Crippen MR) is 65.5 cm³/mol. The van der Waals surface area contributed by atoms with E-state index in [1.165, 1.54) is 0 Å². The van der Waals surface area contributed by atoms with Crippen molar-refractivity contribution in [2.45, 2.75) is 40.0 Å². The number of nitro groups is 1. The molecule has 0 unspecified atom stereocenters. The molecule has 1 aromatic carbocycles. The Bertz CT molecular complexity index is 403. The summed E-state index contributed by atoms with van der Waals surface area (Å²) >= 11 is 0. The number of nitro benzene ring substituents is 1. The van der Waals surface area contributed by atoms with E-state index in [0.717, 1.165) is 17.0 Å². The van der Waals surface area contributed by atoms with Gasteiger partial charge in [0.2, 0.25) is 0 Å². The lowest BCUT2D eigenvalue weighted by Gasteiger charge is -2.20. The van der Waals surface area contributed by atoms with Gasteiger partial charge in [-0.2, -0.15) is 0 Å². The van der Waals surface area contributed by atoms with E-state index >= 15 is 0 Å². The summed E-state index contributed by atoms with van der Waals surface area (Å²) in [5.41, 5.74) is 1.55. The van der Waals surface area contributed by atoms with Crippen LogP contribution in [0.5, 0.6) is 0 Å². The minimum absolute atomic E-state index is 0.214. The highest BCUT2D eigenvalue weighted by Crippen LogP contribution is 2.36. The van der Waals surface area contributed by atoms with Gasteiger partial charge in [-0.15, -0.1) is 0 Å². The fraction of sp³-hybridized carbons (Fsp3) is 0.462. The van der Waals surface area contributed by atoms with Crippen LogP contribution in [-0.4, -0.2) is 4.92 Å². The maximum atomic E-state index is 11.2. The van der Waals surface area contributed by atoms with E-state index in [9.17, 15) is 10.1 Å². The monoisotopic (exact) mass is 220 g/mol. The summed E-state index contributed by atoms with van der Waals surface area (Å²) in [4.78, 5) is 10.9. The molecule has 87 valence electrons. The lowest BCUT2D eigenvalue weighted by Crippen LogP contribution is -2.15. The molecule has 3 nitrogen and oxygen atoms in total. The molecule has 0 amide bonds. The molecule has 0 bridgehead atoms. The van der Waals surface area contributed by atoms with Gasteiger partial charge in [-0.1, -0.05) is 52.8 Å². The molecule has 0 aliphatic rings. The Labute approximate surface area is 96.6 Å². The Morgan fingerprint density at radius 1 is 1.25 bits per heavy atom. The van der Waals surface area contributed by atoms with Crippen LogP contribution in [0, 0.1) is 16.0 Å². The normalized spacial score (nSPS) is 11.9. The molecule has 0 N–H and O–H groups in total. The first kappa shape index (κ1) is 12.7. The van der Waals surface area contributed by atoms with Crippen LogP contribution >= 0.6 is 0 Å². The Kier molecular flexibility index (Phi) is 3.36. The van der Waals surface area contributed by atoms with Gasteiger partial charge < -0.3 is 0 Å². The molecule has 0 saturated carbocycles. The third-order valence-corrected chi connectivity index (χ3v) is 2.57. The van der Waals surface area contributed by atoms with Gasteiger partial charge in [0.25, 0.3) is 5.69 Å². The predicted octanol–water partition coefficient (Wildman–Crippen LogP) is 3.85. The molecule has 0 aliphatic carbocycles. The first-order valence-corrected chi connectivity index (χ1v) is 5.33. The summed E-state index contributed by atoms with van der Waals surface area (Å²) in [5, 5.41) is 11.2. The van der Waals surface area contributed by atoms with E-state index in [4.69, 9.17) is 0 Å². The van der Waals surface area contributed by atoms with Crippen LogP contribution in [0.15, 0.2) is 18.2 Å². The number of nitrogens with zero attached hydrogens (tertiary/aromatic N) is 1. The molecular weight excluding hydrogens is 202 g/mol. The van der Waals surface area contributed by atoms with Crippen molar-refractivity contribution in [2.75, 3.05) is 0 Å². The molecule has 3 heteroatoms. The number of hydrogen-bond acceptors (Lipinski definition) is 2. The van der Waals surface area contributed by atoms with Crippen LogP contribution < -0.4 is 0 Å². The van der Waals surface area contributed by atoms with Gasteiger partial charge in [0, 0.05) is 17.0 Å². The highest BCUT2D eigenvalue weighted by atomic mass is 16.6. The second-order valence-electron chi connectivity index (χ2n) is 5.21. The Morgan fingerprint density at radius 2 is 1.81 bits per heavy atom. The van der Waals surface area contributed by atoms with Crippen molar-refractivity contribution in [2.24, 2.45) is 0 Å². The fourth-order valence-corrected chi connectivity index (χ4v) is 1.75. The Balaban J connectivity index is 3.52. The average Bonchev–Trinajstić information content (AvgIpc) is 2.14. The standard InChI is InChI=1S/C13H18NO2/c1-9(2)10-7-6-8-11(13(3,4)5)12(10)14(15)16/h6-8H,1-5H3. The molecule has 0 spiro atoms. The smallest absolute Gasteiger partial charge is 0.258 e. The van der Waals surface area contributed by atoms with Crippen molar-refractivity contribution in [1.29, 1.82) is 0 Å². The summed E-state index contributed by atoms with van der Waals surface area (Å²) < 4.78 is 0. The topological polar surface area (TPSA) is 43.1 Å². The minimum Gasteiger partial charge on any atom is -0.258 e. The molecule has 0 atom stereocenters. The van der Waals surface area contributed by atoms with E-state index in [-0.39, 0.29) is 16.0 Å². The van der Waals surface area contributed by atoms with Crippen LogP contribution in [0.25, 0.3) is 0 Å². The molecule has 1 rings (SSSR count). The van der Waals surface area contributed by atoms with E-state index in [0.29, 0.717) is 0 Å². The number of rotatable bonds is 2. The highest BCUT2D eigenvalue weighted by Gasteiger charge is 2.28. The summed E-state index contributed by atoms with van der Waals surface area (Å²) in [5.74, 6) is 0.970. The summed E-state index contributed by atoms with van der Waals surface area (Å²) in [6.07, 6.45) is 0. The van der Waals surface area contributed by atoms with Crippen LogP contribution in [0.3, 0.4) is 0 Å². The molecule has 0 heterocycles. The third kappa shape index (κ3) is 2.40. The van der Waals surface area contributed by atoms with Gasteiger partial charge in [-0.3, -0.25) is 10.1 Å². The van der Waals surface area contributed by atoms with Gasteiger partial charge >= 0.3 is 0 Å². The molecule has 0 aromatic heterocycles. The van der Waals surface area contributed by atoms with Crippen LogP contribution in [0.1, 0.15) is 45.7 Å². The zero-order valence-corrected chi connectivity index (χ0v) is 10.5. The number of hydrogen-bond donors (Lipinski definition) is 0.